The van der Waals surface area contributed by atoms with Gasteiger partial charge in [0.05, 0.1) is 0 Å². The fourth-order valence-electron chi connectivity index (χ4n) is 3.08. The highest BCUT2D eigenvalue weighted by atomic mass is 16.6. The second-order valence-corrected chi connectivity index (χ2v) is 6.52. The van der Waals surface area contributed by atoms with Gasteiger partial charge < -0.3 is 9.64 Å². The lowest BCUT2D eigenvalue weighted by Gasteiger charge is -2.56. The van der Waals surface area contributed by atoms with Crippen LogP contribution in [0.4, 0.5) is 4.79 Å². The Morgan fingerprint density at radius 2 is 1.72 bits per heavy atom. The number of carbonyl (C=O) groups excluding carboxylic acids is 1. The van der Waals surface area contributed by atoms with Crippen LogP contribution in [0.5, 0.6) is 0 Å². The van der Waals surface area contributed by atoms with Gasteiger partial charge in [-0.25, -0.2) is 4.79 Å². The SMILES string of the molecule is CCN1CCC12CCN(C(=O)OC(C)(C)C)CC2. The summed E-state index contributed by atoms with van der Waals surface area (Å²) in [4.78, 5) is 16.4. The van der Waals surface area contributed by atoms with E-state index in [1.54, 1.807) is 0 Å². The summed E-state index contributed by atoms with van der Waals surface area (Å²) in [5.74, 6) is 0. The minimum Gasteiger partial charge on any atom is -0.444 e. The van der Waals surface area contributed by atoms with Gasteiger partial charge in [-0.3, -0.25) is 4.90 Å². The van der Waals surface area contributed by atoms with Crippen molar-refractivity contribution in [2.24, 2.45) is 0 Å². The smallest absolute Gasteiger partial charge is 0.410 e. The third-order valence-corrected chi connectivity index (χ3v) is 4.25. The monoisotopic (exact) mass is 254 g/mol. The van der Waals surface area contributed by atoms with Crippen molar-refractivity contribution in [1.29, 1.82) is 0 Å². The van der Waals surface area contributed by atoms with Gasteiger partial charge in [0, 0.05) is 25.2 Å². The molecule has 0 bridgehead atoms. The predicted octanol–water partition coefficient (Wildman–Crippen LogP) is 2.48. The molecule has 2 aliphatic heterocycles. The second-order valence-electron chi connectivity index (χ2n) is 6.52. The number of hydrogen-bond acceptors (Lipinski definition) is 3. The first kappa shape index (κ1) is 13.7. The Balaban J connectivity index is 1.85. The number of carbonyl (C=O) groups is 1. The number of rotatable bonds is 1. The molecule has 2 saturated heterocycles. The molecule has 2 heterocycles. The lowest BCUT2D eigenvalue weighted by atomic mass is 9.76. The van der Waals surface area contributed by atoms with E-state index in [4.69, 9.17) is 4.74 Å². The molecule has 0 saturated carbocycles. The molecule has 0 radical (unpaired) electrons. The first-order chi connectivity index (χ1) is 8.36. The molecule has 0 atom stereocenters. The maximum Gasteiger partial charge on any atom is 0.410 e. The maximum absolute atomic E-state index is 12.0. The van der Waals surface area contributed by atoms with Crippen LogP contribution in [0.25, 0.3) is 0 Å². The first-order valence-electron chi connectivity index (χ1n) is 7.09. The number of amides is 1. The van der Waals surface area contributed by atoms with Gasteiger partial charge in [0.25, 0.3) is 0 Å². The predicted molar refractivity (Wildman–Crippen MR) is 71.6 cm³/mol. The van der Waals surface area contributed by atoms with Gasteiger partial charge in [-0.05, 0) is 46.6 Å². The van der Waals surface area contributed by atoms with E-state index in [9.17, 15) is 4.79 Å². The quantitative estimate of drug-likeness (QED) is 0.720. The van der Waals surface area contributed by atoms with Gasteiger partial charge in [0.1, 0.15) is 5.60 Å². The molecule has 1 spiro atoms. The summed E-state index contributed by atoms with van der Waals surface area (Å²) < 4.78 is 5.42. The largest absolute Gasteiger partial charge is 0.444 e. The van der Waals surface area contributed by atoms with Crippen molar-refractivity contribution in [3.05, 3.63) is 0 Å². The number of piperidine rings is 1. The average molecular weight is 254 g/mol. The fourth-order valence-corrected chi connectivity index (χ4v) is 3.08. The number of nitrogens with zero attached hydrogens (tertiary/aromatic N) is 2. The van der Waals surface area contributed by atoms with E-state index in [-0.39, 0.29) is 6.09 Å². The molecule has 0 N–H and O–H groups in total. The van der Waals surface area contributed by atoms with Crippen LogP contribution in [0.15, 0.2) is 0 Å². The molecule has 0 aliphatic carbocycles. The molecule has 4 nitrogen and oxygen atoms in total. The highest BCUT2D eigenvalue weighted by Crippen LogP contribution is 2.39. The van der Waals surface area contributed by atoms with Crippen LogP contribution in [-0.4, -0.2) is 53.2 Å². The number of likely N-dealkylation sites (tertiary alicyclic amines) is 2. The van der Waals surface area contributed by atoms with Crippen LogP contribution in [0.3, 0.4) is 0 Å². The standard InChI is InChI=1S/C14H26N2O2/c1-5-16-11-8-14(16)6-9-15(10-7-14)12(17)18-13(2,3)4/h5-11H2,1-4H3. The van der Waals surface area contributed by atoms with Gasteiger partial charge in [0.15, 0.2) is 0 Å². The summed E-state index contributed by atoms with van der Waals surface area (Å²) in [5.41, 5.74) is 0.00536. The zero-order chi connectivity index (χ0) is 13.4. The number of hydrogen-bond donors (Lipinski definition) is 0. The van der Waals surface area contributed by atoms with Crippen LogP contribution >= 0.6 is 0 Å². The van der Waals surface area contributed by atoms with Crippen LogP contribution < -0.4 is 0 Å². The minimum absolute atomic E-state index is 0.153. The fraction of sp³-hybridized carbons (Fsp3) is 0.929. The Hall–Kier alpha value is -0.770. The molecule has 0 aromatic rings. The van der Waals surface area contributed by atoms with E-state index < -0.39 is 5.60 Å². The normalized spacial score (nSPS) is 23.9. The lowest BCUT2D eigenvalue weighted by molar-refractivity contribution is -0.0583. The van der Waals surface area contributed by atoms with Crippen LogP contribution in [0.2, 0.25) is 0 Å². The van der Waals surface area contributed by atoms with Gasteiger partial charge in [-0.1, -0.05) is 6.92 Å². The average Bonchev–Trinajstić information content (AvgIpc) is 2.26. The second kappa shape index (κ2) is 4.72. The third kappa shape index (κ3) is 2.63. The number of ether oxygens (including phenoxy) is 1. The summed E-state index contributed by atoms with van der Waals surface area (Å²) in [7, 11) is 0. The third-order valence-electron chi connectivity index (χ3n) is 4.25. The molecule has 0 aromatic heterocycles. The summed E-state index contributed by atoms with van der Waals surface area (Å²) in [6, 6.07) is 0. The van der Waals surface area contributed by atoms with Gasteiger partial charge in [-0.15, -0.1) is 0 Å². The molecule has 0 aromatic carbocycles. The van der Waals surface area contributed by atoms with Crippen molar-refractivity contribution in [3.8, 4) is 0 Å². The van der Waals surface area contributed by atoms with E-state index in [2.05, 4.69) is 11.8 Å². The van der Waals surface area contributed by atoms with Gasteiger partial charge in [-0.2, -0.15) is 0 Å². The molecular formula is C14H26N2O2. The molecular weight excluding hydrogens is 228 g/mol. The highest BCUT2D eigenvalue weighted by Gasteiger charge is 2.46. The van der Waals surface area contributed by atoms with Crippen LogP contribution in [-0.2, 0) is 4.74 Å². The topological polar surface area (TPSA) is 32.8 Å². The molecule has 2 fully saturated rings. The summed E-state index contributed by atoms with van der Waals surface area (Å²) in [6.45, 7) is 12.0. The lowest BCUT2D eigenvalue weighted by Crippen LogP contribution is -2.64. The van der Waals surface area contributed by atoms with Crippen molar-refractivity contribution in [2.45, 2.75) is 58.1 Å². The molecule has 2 aliphatic rings. The van der Waals surface area contributed by atoms with Crippen molar-refractivity contribution in [2.75, 3.05) is 26.2 Å². The summed E-state index contributed by atoms with van der Waals surface area (Å²) >= 11 is 0. The molecule has 4 heteroatoms. The van der Waals surface area contributed by atoms with E-state index in [1.807, 2.05) is 25.7 Å². The van der Waals surface area contributed by atoms with Crippen molar-refractivity contribution >= 4 is 6.09 Å². The van der Waals surface area contributed by atoms with E-state index >= 15 is 0 Å². The summed E-state index contributed by atoms with van der Waals surface area (Å²) in [6.07, 6.45) is 3.34. The Kier molecular flexibility index (Phi) is 3.58. The first-order valence-corrected chi connectivity index (χ1v) is 7.09. The van der Waals surface area contributed by atoms with Crippen molar-refractivity contribution in [3.63, 3.8) is 0 Å². The Morgan fingerprint density at radius 1 is 1.17 bits per heavy atom. The molecule has 104 valence electrons. The van der Waals surface area contributed by atoms with E-state index in [0.29, 0.717) is 5.54 Å². The molecule has 18 heavy (non-hydrogen) atoms. The van der Waals surface area contributed by atoms with Gasteiger partial charge >= 0.3 is 6.09 Å². The van der Waals surface area contributed by atoms with E-state index in [1.165, 1.54) is 13.0 Å². The molecule has 2 rings (SSSR count). The van der Waals surface area contributed by atoms with Gasteiger partial charge in [0.2, 0.25) is 0 Å². The van der Waals surface area contributed by atoms with Crippen LogP contribution in [0.1, 0.15) is 47.0 Å². The maximum atomic E-state index is 12.0. The zero-order valence-corrected chi connectivity index (χ0v) is 12.2. The highest BCUT2D eigenvalue weighted by molar-refractivity contribution is 5.68. The van der Waals surface area contributed by atoms with E-state index in [0.717, 1.165) is 32.5 Å². The zero-order valence-electron chi connectivity index (χ0n) is 12.2. The summed E-state index contributed by atoms with van der Waals surface area (Å²) in [5, 5.41) is 0. The molecule has 1 amide bonds. The van der Waals surface area contributed by atoms with Crippen molar-refractivity contribution < 1.29 is 9.53 Å². The molecule has 0 unspecified atom stereocenters. The van der Waals surface area contributed by atoms with Crippen molar-refractivity contribution in [1.82, 2.24) is 9.80 Å². The Bertz CT molecular complexity index is 312. The van der Waals surface area contributed by atoms with Crippen LogP contribution in [0, 0.1) is 0 Å². The Labute approximate surface area is 110 Å². The minimum atomic E-state index is -0.391. The Morgan fingerprint density at radius 3 is 2.11 bits per heavy atom.